The lowest BCUT2D eigenvalue weighted by atomic mass is 9.84. The molecule has 0 bridgehead atoms. The van der Waals surface area contributed by atoms with Crippen LogP contribution in [0.5, 0.6) is 5.75 Å². The van der Waals surface area contributed by atoms with Crippen molar-refractivity contribution in [3.05, 3.63) is 29.9 Å². The molecule has 1 atom stereocenters. The number of phenolic OH excluding ortho intramolecular Hbond substituents is 1. The molecule has 2 aromatic rings. The van der Waals surface area contributed by atoms with Crippen LogP contribution in [0.25, 0.3) is 11.4 Å². The fraction of sp³-hybridized carbons (Fsp3) is 0.467. The van der Waals surface area contributed by atoms with Crippen molar-refractivity contribution >= 4 is 0 Å². The van der Waals surface area contributed by atoms with Crippen LogP contribution in [0.4, 0.5) is 4.39 Å². The maximum Gasteiger partial charge on any atom is 0.231 e. The molecular formula is C15H20FN3O2. The van der Waals surface area contributed by atoms with Gasteiger partial charge in [0.05, 0.1) is 5.92 Å². The Morgan fingerprint density at radius 3 is 2.67 bits per heavy atom. The van der Waals surface area contributed by atoms with Gasteiger partial charge in [-0.2, -0.15) is 4.98 Å². The zero-order valence-electron chi connectivity index (χ0n) is 12.4. The molecule has 0 fully saturated rings. The van der Waals surface area contributed by atoms with Crippen LogP contribution in [0, 0.1) is 11.2 Å². The molecule has 3 N–H and O–H groups in total. The van der Waals surface area contributed by atoms with Crippen molar-refractivity contribution in [3.8, 4) is 17.1 Å². The van der Waals surface area contributed by atoms with Crippen LogP contribution < -0.4 is 5.73 Å². The molecule has 1 aromatic heterocycles. The molecule has 0 saturated heterocycles. The molecule has 1 unspecified atom stereocenters. The highest BCUT2D eigenvalue weighted by molar-refractivity contribution is 5.55. The summed E-state index contributed by atoms with van der Waals surface area (Å²) in [6.07, 6.45) is 0.815. The normalized spacial score (nSPS) is 13.4. The largest absolute Gasteiger partial charge is 0.505 e. The van der Waals surface area contributed by atoms with Crippen LogP contribution in [0.15, 0.2) is 22.7 Å². The summed E-state index contributed by atoms with van der Waals surface area (Å²) < 4.78 is 18.6. The Morgan fingerprint density at radius 2 is 2.10 bits per heavy atom. The van der Waals surface area contributed by atoms with Gasteiger partial charge in [-0.3, -0.25) is 0 Å². The molecular weight excluding hydrogens is 273 g/mol. The number of aromatic hydroxyl groups is 1. The van der Waals surface area contributed by atoms with Crippen LogP contribution in [0.2, 0.25) is 0 Å². The number of halogens is 1. The fourth-order valence-electron chi connectivity index (χ4n) is 2.17. The molecule has 0 aliphatic heterocycles. The van der Waals surface area contributed by atoms with Crippen molar-refractivity contribution in [1.29, 1.82) is 0 Å². The number of phenols is 1. The monoisotopic (exact) mass is 293 g/mol. The van der Waals surface area contributed by atoms with E-state index in [2.05, 4.69) is 30.9 Å². The van der Waals surface area contributed by atoms with E-state index in [1.54, 1.807) is 0 Å². The van der Waals surface area contributed by atoms with E-state index in [4.69, 9.17) is 10.3 Å². The second-order valence-corrected chi connectivity index (χ2v) is 6.32. The van der Waals surface area contributed by atoms with Crippen LogP contribution in [0.1, 0.15) is 39.0 Å². The summed E-state index contributed by atoms with van der Waals surface area (Å²) in [5.74, 6) is -0.417. The van der Waals surface area contributed by atoms with Crippen LogP contribution in [0.3, 0.4) is 0 Å². The van der Waals surface area contributed by atoms with Gasteiger partial charge >= 0.3 is 0 Å². The van der Waals surface area contributed by atoms with Crippen molar-refractivity contribution in [2.75, 3.05) is 6.54 Å². The number of nitrogens with zero attached hydrogens (tertiary/aromatic N) is 2. The second kappa shape index (κ2) is 5.81. The molecule has 0 amide bonds. The Morgan fingerprint density at radius 1 is 1.38 bits per heavy atom. The third kappa shape index (κ3) is 3.78. The Balaban J connectivity index is 2.25. The third-order valence-corrected chi connectivity index (χ3v) is 3.14. The Hall–Kier alpha value is -1.95. The summed E-state index contributed by atoms with van der Waals surface area (Å²) in [4.78, 5) is 4.30. The van der Waals surface area contributed by atoms with Gasteiger partial charge in [-0.15, -0.1) is 0 Å². The van der Waals surface area contributed by atoms with Crippen LogP contribution >= 0.6 is 0 Å². The van der Waals surface area contributed by atoms with Gasteiger partial charge in [0.2, 0.25) is 11.7 Å². The molecule has 6 heteroatoms. The Kier molecular flexibility index (Phi) is 4.27. The van der Waals surface area contributed by atoms with E-state index >= 15 is 0 Å². The Labute approximate surface area is 123 Å². The molecule has 0 spiro atoms. The average molecular weight is 293 g/mol. The highest BCUT2D eigenvalue weighted by atomic mass is 19.1. The number of hydrogen-bond acceptors (Lipinski definition) is 5. The first kappa shape index (κ1) is 15.4. The van der Waals surface area contributed by atoms with Gasteiger partial charge in [-0.25, -0.2) is 4.39 Å². The van der Waals surface area contributed by atoms with Gasteiger partial charge < -0.3 is 15.4 Å². The maximum absolute atomic E-state index is 13.4. The van der Waals surface area contributed by atoms with Gasteiger partial charge in [0.1, 0.15) is 0 Å². The third-order valence-electron chi connectivity index (χ3n) is 3.14. The van der Waals surface area contributed by atoms with Crippen molar-refractivity contribution in [3.63, 3.8) is 0 Å². The lowest BCUT2D eigenvalue weighted by Crippen LogP contribution is -2.19. The molecule has 5 nitrogen and oxygen atoms in total. The van der Waals surface area contributed by atoms with E-state index in [0.717, 1.165) is 6.42 Å². The van der Waals surface area contributed by atoms with Crippen LogP contribution in [-0.4, -0.2) is 21.8 Å². The van der Waals surface area contributed by atoms with E-state index in [0.29, 0.717) is 18.0 Å². The number of benzene rings is 1. The summed E-state index contributed by atoms with van der Waals surface area (Å²) in [5, 5.41) is 13.1. The van der Waals surface area contributed by atoms with Crippen molar-refractivity contribution in [2.24, 2.45) is 11.1 Å². The molecule has 2 rings (SSSR count). The lowest BCUT2D eigenvalue weighted by Gasteiger charge is -2.22. The summed E-state index contributed by atoms with van der Waals surface area (Å²) in [6.45, 7) is 6.75. The second-order valence-electron chi connectivity index (χ2n) is 6.32. The van der Waals surface area contributed by atoms with Gasteiger partial charge in [-0.1, -0.05) is 25.9 Å². The molecule has 0 aliphatic rings. The van der Waals surface area contributed by atoms with Crippen molar-refractivity contribution in [1.82, 2.24) is 10.1 Å². The number of hydrogen-bond donors (Lipinski definition) is 2. The summed E-state index contributed by atoms with van der Waals surface area (Å²) in [7, 11) is 0. The van der Waals surface area contributed by atoms with E-state index < -0.39 is 11.6 Å². The van der Waals surface area contributed by atoms with Gasteiger partial charge in [-0.05, 0) is 30.0 Å². The maximum atomic E-state index is 13.4. The highest BCUT2D eigenvalue weighted by Crippen LogP contribution is 2.31. The summed E-state index contributed by atoms with van der Waals surface area (Å²) in [5.41, 5.74) is 6.32. The van der Waals surface area contributed by atoms with E-state index in [1.165, 1.54) is 18.2 Å². The molecule has 0 saturated carbocycles. The zero-order chi connectivity index (χ0) is 15.6. The van der Waals surface area contributed by atoms with Gasteiger partial charge in [0.15, 0.2) is 11.6 Å². The Bertz CT molecular complexity index is 620. The van der Waals surface area contributed by atoms with Gasteiger partial charge in [0.25, 0.3) is 0 Å². The zero-order valence-corrected chi connectivity index (χ0v) is 12.4. The molecule has 0 radical (unpaired) electrons. The molecule has 1 aromatic carbocycles. The van der Waals surface area contributed by atoms with Gasteiger partial charge in [0, 0.05) is 12.1 Å². The highest BCUT2D eigenvalue weighted by Gasteiger charge is 2.24. The predicted molar refractivity (Wildman–Crippen MR) is 77.2 cm³/mol. The summed E-state index contributed by atoms with van der Waals surface area (Å²) >= 11 is 0. The summed E-state index contributed by atoms with van der Waals surface area (Å²) in [6, 6.07) is 3.97. The topological polar surface area (TPSA) is 85.2 Å². The smallest absolute Gasteiger partial charge is 0.231 e. The first-order chi connectivity index (χ1) is 9.80. The average Bonchev–Trinajstić information content (AvgIpc) is 2.87. The number of nitrogens with two attached hydrogens (primary N) is 1. The lowest BCUT2D eigenvalue weighted by molar-refractivity contribution is 0.287. The van der Waals surface area contributed by atoms with Crippen LogP contribution in [-0.2, 0) is 0 Å². The van der Waals surface area contributed by atoms with E-state index in [9.17, 15) is 9.50 Å². The molecule has 0 aliphatic carbocycles. The number of aromatic nitrogens is 2. The fourth-order valence-corrected chi connectivity index (χ4v) is 2.17. The minimum absolute atomic E-state index is 0.0341. The molecule has 114 valence electrons. The van der Waals surface area contributed by atoms with Crippen molar-refractivity contribution in [2.45, 2.75) is 33.1 Å². The molecule has 21 heavy (non-hydrogen) atoms. The number of rotatable bonds is 4. The minimum Gasteiger partial charge on any atom is -0.505 e. The first-order valence-corrected chi connectivity index (χ1v) is 6.83. The van der Waals surface area contributed by atoms with E-state index in [-0.39, 0.29) is 17.2 Å². The quantitative estimate of drug-likeness (QED) is 0.905. The minimum atomic E-state index is -0.719. The standard InChI is InChI=1S/C15H20FN3O2/c1-15(2,3)7-10(8-17)14-18-13(19-21-14)9-4-5-12(20)11(16)6-9/h4-6,10,20H,7-8,17H2,1-3H3. The SMILES string of the molecule is CC(C)(C)CC(CN)c1nc(-c2ccc(O)c(F)c2)no1. The van der Waals surface area contributed by atoms with Crippen molar-refractivity contribution < 1.29 is 14.0 Å². The first-order valence-electron chi connectivity index (χ1n) is 6.83. The molecule has 1 heterocycles. The predicted octanol–water partition coefficient (Wildman–Crippen LogP) is 3.06. The van der Waals surface area contributed by atoms with E-state index in [1.807, 2.05) is 0 Å².